The highest BCUT2D eigenvalue weighted by atomic mass is 32.2. The lowest BCUT2D eigenvalue weighted by Gasteiger charge is -2.14. The van der Waals surface area contributed by atoms with E-state index < -0.39 is 26.7 Å². The van der Waals surface area contributed by atoms with Crippen molar-refractivity contribution in [2.75, 3.05) is 4.72 Å². The monoisotopic (exact) mass is 409 g/mol. The van der Waals surface area contributed by atoms with E-state index in [1.165, 1.54) is 18.2 Å². The second kappa shape index (κ2) is 6.59. The highest BCUT2D eigenvalue weighted by Crippen LogP contribution is 2.37. The van der Waals surface area contributed by atoms with Gasteiger partial charge in [-0.3, -0.25) is 4.72 Å². The number of alkyl halides is 3. The van der Waals surface area contributed by atoms with Crippen molar-refractivity contribution in [3.63, 3.8) is 0 Å². The third-order valence-corrected chi connectivity index (χ3v) is 5.68. The molecule has 1 heterocycles. The van der Waals surface area contributed by atoms with E-state index in [0.717, 1.165) is 31.0 Å². The summed E-state index contributed by atoms with van der Waals surface area (Å²) >= 11 is 0. The van der Waals surface area contributed by atoms with E-state index in [1.54, 1.807) is 16.8 Å². The molecule has 2 aromatic carbocycles. The number of hydrogen-bond donors (Lipinski definition) is 1. The summed E-state index contributed by atoms with van der Waals surface area (Å²) in [5.74, 6) is 0.472. The van der Waals surface area contributed by atoms with Crippen molar-refractivity contribution in [2.45, 2.75) is 30.0 Å². The first-order valence-electron chi connectivity index (χ1n) is 8.33. The van der Waals surface area contributed by atoms with Gasteiger partial charge in [-0.05, 0) is 47.5 Å². The second-order valence-corrected chi connectivity index (χ2v) is 8.01. The van der Waals surface area contributed by atoms with Crippen molar-refractivity contribution >= 4 is 15.7 Å². The topological polar surface area (TPSA) is 89.8 Å². The fraction of sp³-hybridized carbons (Fsp3) is 0.235. The number of benzene rings is 2. The van der Waals surface area contributed by atoms with E-state index in [9.17, 15) is 21.6 Å². The molecule has 1 saturated carbocycles. The predicted molar refractivity (Wildman–Crippen MR) is 93.8 cm³/mol. The molecule has 1 aliphatic carbocycles. The zero-order chi connectivity index (χ0) is 19.9. The van der Waals surface area contributed by atoms with Gasteiger partial charge in [0.15, 0.2) is 5.82 Å². The SMILES string of the molecule is O=S(=O)(Nc1cccc(-c2nnnn2C2CC2)c1)c1ccccc1C(F)(F)F. The van der Waals surface area contributed by atoms with E-state index >= 15 is 0 Å². The third-order valence-electron chi connectivity index (χ3n) is 4.24. The summed E-state index contributed by atoms with van der Waals surface area (Å²) in [5, 5.41) is 11.6. The van der Waals surface area contributed by atoms with Gasteiger partial charge in [-0.1, -0.05) is 24.3 Å². The van der Waals surface area contributed by atoms with Gasteiger partial charge in [0.05, 0.1) is 16.5 Å². The van der Waals surface area contributed by atoms with E-state index in [4.69, 9.17) is 0 Å². The molecule has 0 saturated heterocycles. The van der Waals surface area contributed by atoms with Crippen LogP contribution in [0.4, 0.5) is 18.9 Å². The van der Waals surface area contributed by atoms with Crippen LogP contribution in [-0.2, 0) is 16.2 Å². The molecule has 0 unspecified atom stereocenters. The van der Waals surface area contributed by atoms with E-state index in [2.05, 4.69) is 20.2 Å². The Morgan fingerprint density at radius 2 is 1.82 bits per heavy atom. The highest BCUT2D eigenvalue weighted by molar-refractivity contribution is 7.92. The van der Waals surface area contributed by atoms with Gasteiger partial charge in [0.1, 0.15) is 0 Å². The molecular weight excluding hydrogens is 395 g/mol. The maximum absolute atomic E-state index is 13.2. The summed E-state index contributed by atoms with van der Waals surface area (Å²) in [6.45, 7) is 0. The Bertz CT molecular complexity index is 1120. The minimum atomic E-state index is -4.79. The number of tetrazole rings is 1. The lowest BCUT2D eigenvalue weighted by molar-refractivity contribution is -0.139. The van der Waals surface area contributed by atoms with Crippen LogP contribution in [0.3, 0.4) is 0 Å². The Kier molecular flexibility index (Phi) is 4.33. The van der Waals surface area contributed by atoms with Crippen LogP contribution in [0.5, 0.6) is 0 Å². The lowest BCUT2D eigenvalue weighted by Crippen LogP contribution is -2.18. The quantitative estimate of drug-likeness (QED) is 0.697. The van der Waals surface area contributed by atoms with Gasteiger partial charge < -0.3 is 0 Å². The van der Waals surface area contributed by atoms with Crippen LogP contribution in [0.15, 0.2) is 53.4 Å². The van der Waals surface area contributed by atoms with Crippen molar-refractivity contribution < 1.29 is 21.6 Å². The zero-order valence-corrected chi connectivity index (χ0v) is 15.1. The molecule has 0 radical (unpaired) electrons. The average Bonchev–Trinajstić information content (AvgIpc) is 3.37. The minimum absolute atomic E-state index is 0.111. The summed E-state index contributed by atoms with van der Waals surface area (Å²) in [6, 6.07) is 10.5. The molecule has 1 N–H and O–H groups in total. The molecule has 1 aliphatic rings. The molecule has 0 atom stereocenters. The molecule has 3 aromatic rings. The number of nitrogens with zero attached hydrogens (tertiary/aromatic N) is 4. The molecule has 0 spiro atoms. The Morgan fingerprint density at radius 3 is 2.54 bits per heavy atom. The summed E-state index contributed by atoms with van der Waals surface area (Å²) in [6.07, 6.45) is -2.88. The smallest absolute Gasteiger partial charge is 0.280 e. The van der Waals surface area contributed by atoms with E-state index in [1.807, 2.05) is 0 Å². The van der Waals surface area contributed by atoms with Gasteiger partial charge in [-0.2, -0.15) is 13.2 Å². The first kappa shape index (κ1) is 18.4. The number of aromatic nitrogens is 4. The number of hydrogen-bond acceptors (Lipinski definition) is 5. The lowest BCUT2D eigenvalue weighted by atomic mass is 10.2. The Labute approximate surface area is 158 Å². The Balaban J connectivity index is 1.68. The number of rotatable bonds is 5. The Hall–Kier alpha value is -2.95. The largest absolute Gasteiger partial charge is 0.417 e. The second-order valence-electron chi connectivity index (χ2n) is 6.36. The maximum atomic E-state index is 13.2. The first-order chi connectivity index (χ1) is 13.3. The van der Waals surface area contributed by atoms with Crippen LogP contribution in [0.2, 0.25) is 0 Å². The van der Waals surface area contributed by atoms with Crippen molar-refractivity contribution in [1.29, 1.82) is 0 Å². The summed E-state index contributed by atoms with van der Waals surface area (Å²) in [7, 11) is -4.46. The molecular formula is C17H14F3N5O2S. The van der Waals surface area contributed by atoms with Crippen LogP contribution in [0, 0.1) is 0 Å². The van der Waals surface area contributed by atoms with Crippen molar-refractivity contribution in [3.05, 3.63) is 54.1 Å². The molecule has 7 nitrogen and oxygen atoms in total. The van der Waals surface area contributed by atoms with Crippen LogP contribution in [0.1, 0.15) is 24.4 Å². The van der Waals surface area contributed by atoms with Gasteiger partial charge >= 0.3 is 6.18 Å². The van der Waals surface area contributed by atoms with Crippen molar-refractivity contribution in [3.8, 4) is 11.4 Å². The number of nitrogens with one attached hydrogen (secondary N) is 1. The van der Waals surface area contributed by atoms with Gasteiger partial charge in [-0.25, -0.2) is 13.1 Å². The maximum Gasteiger partial charge on any atom is 0.417 e. The summed E-state index contributed by atoms with van der Waals surface area (Å²) in [5.41, 5.74) is -0.558. The zero-order valence-electron chi connectivity index (χ0n) is 14.3. The fourth-order valence-electron chi connectivity index (χ4n) is 2.82. The van der Waals surface area contributed by atoms with Crippen molar-refractivity contribution in [2.24, 2.45) is 0 Å². The van der Waals surface area contributed by atoms with E-state index in [-0.39, 0.29) is 11.7 Å². The fourth-order valence-corrected chi connectivity index (χ4v) is 4.09. The molecule has 11 heteroatoms. The van der Waals surface area contributed by atoms with Crippen LogP contribution in [-0.4, -0.2) is 28.6 Å². The molecule has 1 aromatic heterocycles. The minimum Gasteiger partial charge on any atom is -0.280 e. The number of halogens is 3. The molecule has 4 rings (SSSR count). The highest BCUT2D eigenvalue weighted by Gasteiger charge is 2.37. The molecule has 146 valence electrons. The first-order valence-corrected chi connectivity index (χ1v) is 9.81. The van der Waals surface area contributed by atoms with Gasteiger partial charge in [-0.15, -0.1) is 5.10 Å². The van der Waals surface area contributed by atoms with Gasteiger partial charge in [0, 0.05) is 11.3 Å². The number of sulfonamides is 1. The normalized spacial score (nSPS) is 14.8. The van der Waals surface area contributed by atoms with Crippen LogP contribution < -0.4 is 4.72 Å². The Morgan fingerprint density at radius 1 is 1.07 bits per heavy atom. The van der Waals surface area contributed by atoms with Gasteiger partial charge in [0.2, 0.25) is 0 Å². The molecule has 0 aliphatic heterocycles. The predicted octanol–water partition coefficient (Wildman–Crippen LogP) is 3.49. The molecule has 1 fully saturated rings. The third kappa shape index (κ3) is 3.57. The average molecular weight is 409 g/mol. The standard InChI is InChI=1S/C17H14F3N5O2S/c18-17(19,20)14-6-1-2-7-15(14)28(26,27)22-12-5-3-4-11(10-12)16-21-23-24-25(16)13-8-9-13/h1-7,10,13,22H,8-9H2. The van der Waals surface area contributed by atoms with Crippen LogP contribution in [0.25, 0.3) is 11.4 Å². The number of anilines is 1. The summed E-state index contributed by atoms with van der Waals surface area (Å²) < 4.78 is 68.6. The van der Waals surface area contributed by atoms with Gasteiger partial charge in [0.25, 0.3) is 10.0 Å². The van der Waals surface area contributed by atoms with Crippen molar-refractivity contribution in [1.82, 2.24) is 20.2 Å². The summed E-state index contributed by atoms with van der Waals surface area (Å²) in [4.78, 5) is -0.837. The molecule has 0 amide bonds. The van der Waals surface area contributed by atoms with E-state index in [0.29, 0.717) is 11.4 Å². The molecule has 0 bridgehead atoms. The molecule has 28 heavy (non-hydrogen) atoms. The van der Waals surface area contributed by atoms with Crippen LogP contribution >= 0.6 is 0 Å².